The van der Waals surface area contributed by atoms with Crippen molar-refractivity contribution >= 4 is 34.9 Å². The maximum absolute atomic E-state index is 12.2. The first-order valence-corrected chi connectivity index (χ1v) is 8.41. The van der Waals surface area contributed by atoms with Crippen LogP contribution in [0.1, 0.15) is 30.7 Å². The Hall–Kier alpha value is -1.27. The number of amides is 3. The van der Waals surface area contributed by atoms with E-state index >= 15 is 0 Å². The van der Waals surface area contributed by atoms with Crippen molar-refractivity contribution in [3.05, 3.63) is 22.4 Å². The lowest BCUT2D eigenvalue weighted by atomic mass is 10.2. The summed E-state index contributed by atoms with van der Waals surface area (Å²) in [7, 11) is 0. The van der Waals surface area contributed by atoms with Gasteiger partial charge in [-0.1, -0.05) is 6.07 Å². The van der Waals surface area contributed by atoms with Gasteiger partial charge in [0.05, 0.1) is 6.04 Å². The number of likely N-dealkylation sites (tertiary alicyclic amines) is 1. The standard InChI is InChI=1S/C14H20ClN3O2S/c1-10(15)13(19)16-6-7-17-14(20)18-8-2-4-11(18)12-5-3-9-21-12/h3,5,9-11H,2,4,6-8H2,1H3,(H,16,19)(H,17,20). The first-order chi connectivity index (χ1) is 10.1. The number of hydrogen-bond acceptors (Lipinski definition) is 3. The highest BCUT2D eigenvalue weighted by atomic mass is 35.5. The Morgan fingerprint density at radius 3 is 2.90 bits per heavy atom. The fraction of sp³-hybridized carbons (Fsp3) is 0.571. The Morgan fingerprint density at radius 2 is 2.24 bits per heavy atom. The molecule has 21 heavy (non-hydrogen) atoms. The SMILES string of the molecule is CC(Cl)C(=O)NCCNC(=O)N1CCCC1c1cccs1. The van der Waals surface area contributed by atoms with E-state index in [1.54, 1.807) is 18.3 Å². The van der Waals surface area contributed by atoms with Crippen LogP contribution in [0.2, 0.25) is 0 Å². The van der Waals surface area contributed by atoms with Gasteiger partial charge in [0.15, 0.2) is 0 Å². The topological polar surface area (TPSA) is 61.4 Å². The van der Waals surface area contributed by atoms with E-state index in [2.05, 4.69) is 16.7 Å². The average Bonchev–Trinajstić information content (AvgIpc) is 3.11. The van der Waals surface area contributed by atoms with Gasteiger partial charge in [-0.15, -0.1) is 22.9 Å². The number of carbonyl (C=O) groups excluding carboxylic acids is 2. The molecule has 1 aromatic heterocycles. The smallest absolute Gasteiger partial charge is 0.318 e. The maximum atomic E-state index is 12.2. The van der Waals surface area contributed by atoms with E-state index in [0.717, 1.165) is 19.4 Å². The van der Waals surface area contributed by atoms with E-state index < -0.39 is 5.38 Å². The third-order valence-corrected chi connectivity index (χ3v) is 4.62. The second kappa shape index (κ2) is 7.66. The lowest BCUT2D eigenvalue weighted by molar-refractivity contribution is -0.120. The number of alkyl halides is 1. The number of rotatable bonds is 5. The Bertz CT molecular complexity index is 479. The lowest BCUT2D eigenvalue weighted by Gasteiger charge is -2.24. The molecule has 0 radical (unpaired) electrons. The molecule has 0 bridgehead atoms. The molecule has 2 heterocycles. The summed E-state index contributed by atoms with van der Waals surface area (Å²) in [5, 5.41) is 6.99. The van der Waals surface area contributed by atoms with Crippen molar-refractivity contribution in [2.45, 2.75) is 31.2 Å². The minimum atomic E-state index is -0.553. The molecule has 1 aromatic rings. The highest BCUT2D eigenvalue weighted by Crippen LogP contribution is 2.34. The van der Waals surface area contributed by atoms with Crippen LogP contribution < -0.4 is 10.6 Å². The van der Waals surface area contributed by atoms with Crippen molar-refractivity contribution in [3.8, 4) is 0 Å². The minimum absolute atomic E-state index is 0.0703. The molecule has 7 heteroatoms. The minimum Gasteiger partial charge on any atom is -0.353 e. The summed E-state index contributed by atoms with van der Waals surface area (Å²) in [5.41, 5.74) is 0. The Kier molecular flexibility index (Phi) is 5.87. The molecule has 116 valence electrons. The number of nitrogens with zero attached hydrogens (tertiary/aromatic N) is 1. The molecule has 0 spiro atoms. The van der Waals surface area contributed by atoms with E-state index in [1.807, 2.05) is 16.3 Å². The molecule has 0 aromatic carbocycles. The van der Waals surface area contributed by atoms with Gasteiger partial charge in [-0.25, -0.2) is 4.79 Å². The van der Waals surface area contributed by atoms with Crippen LogP contribution in [0.4, 0.5) is 4.79 Å². The van der Waals surface area contributed by atoms with Crippen molar-refractivity contribution in [2.75, 3.05) is 19.6 Å². The van der Waals surface area contributed by atoms with E-state index in [9.17, 15) is 9.59 Å². The highest BCUT2D eigenvalue weighted by Gasteiger charge is 2.30. The summed E-state index contributed by atoms with van der Waals surface area (Å²) in [6.07, 6.45) is 2.03. The summed E-state index contributed by atoms with van der Waals surface area (Å²) in [4.78, 5) is 26.6. The van der Waals surface area contributed by atoms with Gasteiger partial charge in [0.25, 0.3) is 0 Å². The van der Waals surface area contributed by atoms with Gasteiger partial charge in [-0.2, -0.15) is 0 Å². The zero-order chi connectivity index (χ0) is 15.2. The number of nitrogens with one attached hydrogen (secondary N) is 2. The highest BCUT2D eigenvalue weighted by molar-refractivity contribution is 7.10. The third kappa shape index (κ3) is 4.35. The quantitative estimate of drug-likeness (QED) is 0.643. The first kappa shape index (κ1) is 16.1. The van der Waals surface area contributed by atoms with E-state index in [0.29, 0.717) is 13.1 Å². The van der Waals surface area contributed by atoms with Crippen molar-refractivity contribution in [1.82, 2.24) is 15.5 Å². The van der Waals surface area contributed by atoms with Gasteiger partial charge in [0, 0.05) is 24.5 Å². The van der Waals surface area contributed by atoms with Crippen LogP contribution in [0.5, 0.6) is 0 Å². The van der Waals surface area contributed by atoms with Crippen LogP contribution in [0.25, 0.3) is 0 Å². The molecule has 1 aliphatic heterocycles. The zero-order valence-electron chi connectivity index (χ0n) is 12.0. The summed E-state index contributed by atoms with van der Waals surface area (Å²) in [6, 6.07) is 4.20. The van der Waals surface area contributed by atoms with Crippen LogP contribution in [0.15, 0.2) is 17.5 Å². The lowest BCUT2D eigenvalue weighted by Crippen LogP contribution is -2.43. The van der Waals surface area contributed by atoms with Gasteiger partial charge in [-0.3, -0.25) is 4.79 Å². The summed E-state index contributed by atoms with van der Waals surface area (Å²) in [5.74, 6) is -0.219. The zero-order valence-corrected chi connectivity index (χ0v) is 13.5. The molecule has 5 nitrogen and oxygen atoms in total. The second-order valence-corrected chi connectivity index (χ2v) is 6.64. The van der Waals surface area contributed by atoms with Gasteiger partial charge < -0.3 is 15.5 Å². The number of hydrogen-bond donors (Lipinski definition) is 2. The number of halogens is 1. The average molecular weight is 330 g/mol. The summed E-state index contributed by atoms with van der Waals surface area (Å²) in [6.45, 7) is 3.19. The van der Waals surface area contributed by atoms with Crippen molar-refractivity contribution in [1.29, 1.82) is 0 Å². The molecule has 2 rings (SSSR count). The van der Waals surface area contributed by atoms with Crippen LogP contribution >= 0.6 is 22.9 Å². The first-order valence-electron chi connectivity index (χ1n) is 7.09. The molecule has 2 atom stereocenters. The van der Waals surface area contributed by atoms with E-state index in [-0.39, 0.29) is 18.0 Å². The Balaban J connectivity index is 1.76. The maximum Gasteiger partial charge on any atom is 0.318 e. The molecule has 0 saturated carbocycles. The van der Waals surface area contributed by atoms with E-state index in [1.165, 1.54) is 4.88 Å². The van der Waals surface area contributed by atoms with Crippen molar-refractivity contribution in [3.63, 3.8) is 0 Å². The number of urea groups is 1. The van der Waals surface area contributed by atoms with E-state index in [4.69, 9.17) is 11.6 Å². The molecule has 1 saturated heterocycles. The van der Waals surface area contributed by atoms with Crippen LogP contribution in [-0.4, -0.2) is 41.8 Å². The summed E-state index contributed by atoms with van der Waals surface area (Å²) >= 11 is 7.33. The fourth-order valence-corrected chi connectivity index (χ4v) is 3.33. The number of carbonyl (C=O) groups is 2. The molecule has 3 amide bonds. The van der Waals surface area contributed by atoms with Crippen LogP contribution in [0.3, 0.4) is 0 Å². The molecule has 1 fully saturated rings. The molecule has 0 aliphatic carbocycles. The third-order valence-electron chi connectivity index (χ3n) is 3.45. The second-order valence-electron chi connectivity index (χ2n) is 5.01. The van der Waals surface area contributed by atoms with Crippen molar-refractivity contribution < 1.29 is 9.59 Å². The Morgan fingerprint density at radius 1 is 1.48 bits per heavy atom. The molecular weight excluding hydrogens is 310 g/mol. The molecule has 2 unspecified atom stereocenters. The largest absolute Gasteiger partial charge is 0.353 e. The van der Waals surface area contributed by atoms with Crippen LogP contribution in [-0.2, 0) is 4.79 Å². The Labute approximate surface area is 133 Å². The van der Waals surface area contributed by atoms with Gasteiger partial charge in [0.2, 0.25) is 5.91 Å². The molecule has 2 N–H and O–H groups in total. The van der Waals surface area contributed by atoms with Gasteiger partial charge in [-0.05, 0) is 31.2 Å². The molecular formula is C14H20ClN3O2S. The number of thiophene rings is 1. The fourth-order valence-electron chi connectivity index (χ4n) is 2.38. The summed E-state index contributed by atoms with van der Waals surface area (Å²) < 4.78 is 0. The van der Waals surface area contributed by atoms with Crippen molar-refractivity contribution in [2.24, 2.45) is 0 Å². The predicted molar refractivity (Wildman–Crippen MR) is 84.7 cm³/mol. The monoisotopic (exact) mass is 329 g/mol. The molecule has 1 aliphatic rings. The van der Waals surface area contributed by atoms with Gasteiger partial charge >= 0.3 is 6.03 Å². The van der Waals surface area contributed by atoms with Gasteiger partial charge in [0.1, 0.15) is 5.38 Å². The normalized spacial score (nSPS) is 19.3. The predicted octanol–water partition coefficient (Wildman–Crippen LogP) is 2.34. The van der Waals surface area contributed by atoms with Crippen LogP contribution in [0, 0.1) is 0 Å².